The van der Waals surface area contributed by atoms with E-state index in [2.05, 4.69) is 18.4 Å². The number of hydrogen-bond acceptors (Lipinski definition) is 6. The van der Waals surface area contributed by atoms with Crippen LogP contribution in [0.3, 0.4) is 0 Å². The highest BCUT2D eigenvalue weighted by Crippen LogP contribution is 2.36. The van der Waals surface area contributed by atoms with E-state index in [-0.39, 0.29) is 19.4 Å². The van der Waals surface area contributed by atoms with Gasteiger partial charge in [-0.1, -0.05) is 168 Å². The summed E-state index contributed by atoms with van der Waals surface area (Å²) in [7, 11) is -4.74. The minimum Gasteiger partial charge on any atom is -0.462 e. The first kappa shape index (κ1) is 43.0. The van der Waals surface area contributed by atoms with Crippen LogP contribution >= 0.6 is 7.82 Å². The summed E-state index contributed by atoms with van der Waals surface area (Å²) in [5.41, 5.74) is 0. The van der Waals surface area contributed by atoms with Crippen LogP contribution in [0.1, 0.15) is 194 Å². The van der Waals surface area contributed by atoms with E-state index in [1.54, 1.807) is 0 Å². The summed E-state index contributed by atoms with van der Waals surface area (Å²) in [5, 5.41) is 0. The van der Waals surface area contributed by atoms with Gasteiger partial charge in [0.1, 0.15) is 6.61 Å². The highest BCUT2D eigenvalue weighted by Gasteiger charge is 2.22. The Hall–Kier alpha value is -0.950. The van der Waals surface area contributed by atoms with Crippen LogP contribution in [0.2, 0.25) is 0 Å². The van der Waals surface area contributed by atoms with Gasteiger partial charge < -0.3 is 19.3 Å². The first-order valence-electron chi connectivity index (χ1n) is 18.3. The van der Waals surface area contributed by atoms with E-state index in [1.807, 2.05) is 0 Å². The minimum absolute atomic E-state index is 0.219. The summed E-state index contributed by atoms with van der Waals surface area (Å²) in [6.07, 6.45) is 31.0. The fourth-order valence-corrected chi connectivity index (χ4v) is 5.73. The van der Waals surface area contributed by atoms with Crippen LogP contribution in [0, 0.1) is 0 Å². The van der Waals surface area contributed by atoms with Crippen molar-refractivity contribution in [3.05, 3.63) is 0 Å². The second-order valence-corrected chi connectivity index (χ2v) is 13.8. The third kappa shape index (κ3) is 33.9. The van der Waals surface area contributed by atoms with Gasteiger partial charge in [-0.15, -0.1) is 0 Å². The van der Waals surface area contributed by atoms with Crippen molar-refractivity contribution in [1.29, 1.82) is 0 Å². The third-order valence-electron chi connectivity index (χ3n) is 8.13. The van der Waals surface area contributed by atoms with Crippen molar-refractivity contribution in [2.24, 2.45) is 0 Å². The second kappa shape index (κ2) is 32.0. The SMILES string of the molecule is CCCCCCCCCCCCCCCC(=O)OC[C@@H](COP(=O)(O)O)OC(=O)CCCCCCCCCCCCCCC. The summed E-state index contributed by atoms with van der Waals surface area (Å²) < 4.78 is 26.3. The molecule has 262 valence electrons. The Balaban J connectivity index is 3.94. The molecule has 0 saturated heterocycles. The maximum Gasteiger partial charge on any atom is 0.469 e. The first-order valence-corrected chi connectivity index (χ1v) is 19.9. The van der Waals surface area contributed by atoms with E-state index < -0.39 is 32.5 Å². The Bertz CT molecular complexity index is 696. The zero-order valence-electron chi connectivity index (χ0n) is 28.6. The minimum atomic E-state index is -4.74. The number of ether oxygens (including phenoxy) is 2. The summed E-state index contributed by atoms with van der Waals surface area (Å²) in [6, 6.07) is 0. The van der Waals surface area contributed by atoms with Crippen LogP contribution in [0.15, 0.2) is 0 Å². The molecule has 0 saturated carbocycles. The van der Waals surface area contributed by atoms with E-state index in [0.29, 0.717) is 6.42 Å². The number of phosphoric acid groups is 1. The van der Waals surface area contributed by atoms with Crippen LogP contribution in [0.5, 0.6) is 0 Å². The van der Waals surface area contributed by atoms with E-state index >= 15 is 0 Å². The lowest BCUT2D eigenvalue weighted by Gasteiger charge is -2.18. The molecule has 0 bridgehead atoms. The van der Waals surface area contributed by atoms with Crippen molar-refractivity contribution in [3.63, 3.8) is 0 Å². The Morgan fingerprint density at radius 3 is 1.16 bits per heavy atom. The van der Waals surface area contributed by atoms with Crippen molar-refractivity contribution in [2.45, 2.75) is 200 Å². The van der Waals surface area contributed by atoms with E-state index in [1.165, 1.54) is 128 Å². The molecule has 0 aromatic rings. The van der Waals surface area contributed by atoms with Gasteiger partial charge in [0.25, 0.3) is 0 Å². The van der Waals surface area contributed by atoms with Crippen molar-refractivity contribution >= 4 is 19.8 Å². The van der Waals surface area contributed by atoms with Crippen LogP contribution in [-0.2, 0) is 28.2 Å². The zero-order chi connectivity index (χ0) is 32.6. The van der Waals surface area contributed by atoms with Crippen molar-refractivity contribution in [3.8, 4) is 0 Å². The Kier molecular flexibility index (Phi) is 31.3. The Morgan fingerprint density at radius 2 is 0.818 bits per heavy atom. The molecule has 44 heavy (non-hydrogen) atoms. The average Bonchev–Trinajstić information content (AvgIpc) is 2.98. The van der Waals surface area contributed by atoms with E-state index in [4.69, 9.17) is 19.3 Å². The maximum atomic E-state index is 12.3. The molecule has 0 aromatic carbocycles. The molecule has 0 rings (SSSR count). The van der Waals surface area contributed by atoms with Gasteiger partial charge in [0.2, 0.25) is 0 Å². The van der Waals surface area contributed by atoms with E-state index in [0.717, 1.165) is 32.1 Å². The molecule has 0 heterocycles. The van der Waals surface area contributed by atoms with Crippen LogP contribution in [0.25, 0.3) is 0 Å². The summed E-state index contributed by atoms with van der Waals surface area (Å²) in [6.45, 7) is 3.68. The molecule has 0 aliphatic heterocycles. The standard InChI is InChI=1S/C35H69O8P/c1-3-5-7-9-11-13-15-17-19-21-23-25-27-29-34(36)41-31-33(32-42-44(38,39)40)43-35(37)30-28-26-24-22-20-18-16-14-12-10-8-6-4-2/h33H,3-32H2,1-2H3,(H2,38,39,40)/t33-/m0/s1. The molecule has 0 aromatic heterocycles. The lowest BCUT2D eigenvalue weighted by Crippen LogP contribution is -2.29. The quantitative estimate of drug-likeness (QED) is 0.0402. The topological polar surface area (TPSA) is 119 Å². The molecule has 2 N–H and O–H groups in total. The van der Waals surface area contributed by atoms with E-state index in [9.17, 15) is 14.2 Å². The molecule has 0 amide bonds. The number of esters is 2. The lowest BCUT2D eigenvalue weighted by atomic mass is 10.0. The molecule has 0 aliphatic carbocycles. The normalized spacial score (nSPS) is 12.4. The highest BCUT2D eigenvalue weighted by molar-refractivity contribution is 7.46. The molecule has 0 fully saturated rings. The molecule has 0 unspecified atom stereocenters. The van der Waals surface area contributed by atoms with Gasteiger partial charge in [-0.05, 0) is 12.8 Å². The van der Waals surface area contributed by atoms with Crippen molar-refractivity contribution in [1.82, 2.24) is 0 Å². The first-order chi connectivity index (χ1) is 21.3. The van der Waals surface area contributed by atoms with Gasteiger partial charge >= 0.3 is 19.8 Å². The molecule has 0 radical (unpaired) electrons. The number of unbranched alkanes of at least 4 members (excludes halogenated alkanes) is 24. The third-order valence-corrected chi connectivity index (χ3v) is 8.61. The monoisotopic (exact) mass is 648 g/mol. The number of carbonyl (C=O) groups is 2. The summed E-state index contributed by atoms with van der Waals surface area (Å²) in [4.78, 5) is 42.6. The maximum absolute atomic E-state index is 12.3. The number of carbonyl (C=O) groups excluding carboxylic acids is 2. The van der Waals surface area contributed by atoms with Crippen LogP contribution in [-0.4, -0.2) is 41.0 Å². The van der Waals surface area contributed by atoms with Crippen LogP contribution < -0.4 is 0 Å². The largest absolute Gasteiger partial charge is 0.469 e. The molecule has 8 nitrogen and oxygen atoms in total. The predicted octanol–water partition coefficient (Wildman–Crippen LogP) is 10.5. The lowest BCUT2D eigenvalue weighted by molar-refractivity contribution is -0.161. The van der Waals surface area contributed by atoms with Gasteiger partial charge in [-0.2, -0.15) is 0 Å². The molecule has 1 atom stereocenters. The summed E-state index contributed by atoms with van der Waals surface area (Å²) >= 11 is 0. The molecular formula is C35H69O8P. The smallest absolute Gasteiger partial charge is 0.462 e. The number of rotatable bonds is 34. The highest BCUT2D eigenvalue weighted by atomic mass is 31.2. The fraction of sp³-hybridized carbons (Fsp3) is 0.943. The fourth-order valence-electron chi connectivity index (χ4n) is 5.37. The predicted molar refractivity (Wildman–Crippen MR) is 179 cm³/mol. The van der Waals surface area contributed by atoms with Crippen molar-refractivity contribution < 1.29 is 37.9 Å². The van der Waals surface area contributed by atoms with Gasteiger partial charge in [0, 0.05) is 12.8 Å². The molecule has 0 spiro atoms. The Labute approximate surface area is 270 Å². The summed E-state index contributed by atoms with van der Waals surface area (Å²) in [5.74, 6) is -0.873. The van der Waals surface area contributed by atoms with Gasteiger partial charge in [0.15, 0.2) is 6.10 Å². The van der Waals surface area contributed by atoms with Gasteiger partial charge in [-0.25, -0.2) is 4.57 Å². The Morgan fingerprint density at radius 1 is 0.500 bits per heavy atom. The molecule has 0 aliphatic rings. The molecule has 9 heteroatoms. The number of hydrogen-bond donors (Lipinski definition) is 2. The second-order valence-electron chi connectivity index (χ2n) is 12.6. The van der Waals surface area contributed by atoms with Gasteiger partial charge in [-0.3, -0.25) is 14.1 Å². The average molecular weight is 649 g/mol. The van der Waals surface area contributed by atoms with Crippen LogP contribution in [0.4, 0.5) is 0 Å². The van der Waals surface area contributed by atoms with Gasteiger partial charge in [0.05, 0.1) is 6.61 Å². The number of phosphoric ester groups is 1. The molecular weight excluding hydrogens is 579 g/mol. The van der Waals surface area contributed by atoms with Crippen molar-refractivity contribution in [2.75, 3.05) is 13.2 Å². The zero-order valence-corrected chi connectivity index (χ0v) is 29.5.